The van der Waals surface area contributed by atoms with Gasteiger partial charge in [0.05, 0.1) is 19.5 Å². The standard InChI is InChI=1S/C14H18N6O4/c15-13-17-11-10(12(22)18-13)16-8-20(11)7-9(21)19-3-1-14(2-4-19)23-5-6-24-14/h8H,1-7H2,(H3,15,17,18,22). The van der Waals surface area contributed by atoms with Gasteiger partial charge in [-0.2, -0.15) is 4.98 Å². The van der Waals surface area contributed by atoms with Gasteiger partial charge in [0.15, 0.2) is 17.0 Å². The lowest BCUT2D eigenvalue weighted by atomic mass is 10.0. The molecule has 1 amide bonds. The molecule has 0 aromatic carbocycles. The lowest BCUT2D eigenvalue weighted by molar-refractivity contribution is -0.187. The van der Waals surface area contributed by atoms with Crippen LogP contribution in [0.5, 0.6) is 0 Å². The summed E-state index contributed by atoms with van der Waals surface area (Å²) in [5, 5.41) is 0. The van der Waals surface area contributed by atoms with Crippen molar-refractivity contribution in [2.24, 2.45) is 0 Å². The zero-order valence-corrected chi connectivity index (χ0v) is 13.0. The highest BCUT2D eigenvalue weighted by atomic mass is 16.7. The minimum Gasteiger partial charge on any atom is -0.369 e. The maximum Gasteiger partial charge on any atom is 0.280 e. The predicted molar refractivity (Wildman–Crippen MR) is 83.0 cm³/mol. The number of amides is 1. The predicted octanol–water partition coefficient (Wildman–Crippen LogP) is -0.933. The normalized spacial score (nSPS) is 20.1. The van der Waals surface area contributed by atoms with Gasteiger partial charge in [-0.15, -0.1) is 0 Å². The molecule has 2 saturated heterocycles. The highest BCUT2D eigenvalue weighted by Crippen LogP contribution is 2.31. The number of H-pyrrole nitrogens is 1. The monoisotopic (exact) mass is 334 g/mol. The molecule has 2 aromatic heterocycles. The molecule has 0 saturated carbocycles. The summed E-state index contributed by atoms with van der Waals surface area (Å²) in [7, 11) is 0. The lowest BCUT2D eigenvalue weighted by Gasteiger charge is -2.37. The Kier molecular flexibility index (Phi) is 3.50. The molecule has 0 bridgehead atoms. The topological polar surface area (TPSA) is 128 Å². The quantitative estimate of drug-likeness (QED) is 0.726. The second-order valence-electron chi connectivity index (χ2n) is 5.98. The first-order valence-electron chi connectivity index (χ1n) is 7.83. The van der Waals surface area contributed by atoms with Crippen LogP contribution in [0.2, 0.25) is 0 Å². The first kappa shape index (κ1) is 15.1. The number of nitrogens with zero attached hydrogens (tertiary/aromatic N) is 4. The fraction of sp³-hybridized carbons (Fsp3) is 0.571. The molecule has 4 rings (SSSR count). The number of hydrogen-bond donors (Lipinski definition) is 2. The summed E-state index contributed by atoms with van der Waals surface area (Å²) in [6, 6.07) is 0. The summed E-state index contributed by atoms with van der Waals surface area (Å²) in [5.41, 5.74) is 5.62. The number of carbonyl (C=O) groups is 1. The molecular weight excluding hydrogens is 316 g/mol. The highest BCUT2D eigenvalue weighted by molar-refractivity contribution is 5.79. The van der Waals surface area contributed by atoms with Gasteiger partial charge in [0.2, 0.25) is 11.9 Å². The number of piperidine rings is 1. The number of ether oxygens (including phenoxy) is 2. The van der Waals surface area contributed by atoms with Crippen LogP contribution in [0.4, 0.5) is 5.95 Å². The molecule has 0 atom stereocenters. The van der Waals surface area contributed by atoms with Gasteiger partial charge in [-0.3, -0.25) is 14.6 Å². The van der Waals surface area contributed by atoms with Crippen LogP contribution in [0.3, 0.4) is 0 Å². The lowest BCUT2D eigenvalue weighted by Crippen LogP contribution is -2.48. The number of imidazole rings is 1. The number of aromatic amines is 1. The number of carbonyl (C=O) groups excluding carboxylic acids is 1. The minimum atomic E-state index is -0.512. The van der Waals surface area contributed by atoms with E-state index < -0.39 is 11.3 Å². The van der Waals surface area contributed by atoms with E-state index in [0.29, 0.717) is 44.8 Å². The number of likely N-dealkylation sites (tertiary alicyclic amines) is 1. The number of nitrogens with one attached hydrogen (secondary N) is 1. The molecule has 2 aromatic rings. The average Bonchev–Trinajstić information content (AvgIpc) is 3.16. The van der Waals surface area contributed by atoms with Crippen molar-refractivity contribution in [3.05, 3.63) is 16.7 Å². The van der Waals surface area contributed by atoms with E-state index >= 15 is 0 Å². The Labute approximate surface area is 136 Å². The molecule has 2 aliphatic rings. The summed E-state index contributed by atoms with van der Waals surface area (Å²) in [4.78, 5) is 36.5. The SMILES string of the molecule is Nc1nc2c(ncn2CC(=O)N2CCC3(CC2)OCCO3)c(=O)[nH]1. The summed E-state index contributed by atoms with van der Waals surface area (Å²) in [6.07, 6.45) is 2.75. The fourth-order valence-corrected chi connectivity index (χ4v) is 3.21. The van der Waals surface area contributed by atoms with Gasteiger partial charge in [-0.1, -0.05) is 0 Å². The Morgan fingerprint density at radius 1 is 1.33 bits per heavy atom. The molecule has 2 aliphatic heterocycles. The third-order valence-electron chi connectivity index (χ3n) is 4.49. The van der Waals surface area contributed by atoms with Crippen LogP contribution in [0.25, 0.3) is 11.2 Å². The zero-order valence-electron chi connectivity index (χ0n) is 13.0. The van der Waals surface area contributed by atoms with E-state index in [9.17, 15) is 9.59 Å². The van der Waals surface area contributed by atoms with Gasteiger partial charge in [-0.25, -0.2) is 4.98 Å². The van der Waals surface area contributed by atoms with Gasteiger partial charge in [0.1, 0.15) is 6.54 Å². The molecule has 3 N–H and O–H groups in total. The van der Waals surface area contributed by atoms with Gasteiger partial charge >= 0.3 is 0 Å². The fourth-order valence-electron chi connectivity index (χ4n) is 3.21. The molecule has 2 fully saturated rings. The van der Waals surface area contributed by atoms with Crippen molar-refractivity contribution >= 4 is 23.0 Å². The molecular formula is C14H18N6O4. The third kappa shape index (κ3) is 2.53. The van der Waals surface area contributed by atoms with Crippen molar-refractivity contribution in [1.29, 1.82) is 0 Å². The van der Waals surface area contributed by atoms with Crippen molar-refractivity contribution in [2.75, 3.05) is 32.0 Å². The number of aromatic nitrogens is 4. The molecule has 10 heteroatoms. The van der Waals surface area contributed by atoms with Crippen LogP contribution in [0.1, 0.15) is 12.8 Å². The molecule has 0 aliphatic carbocycles. The number of fused-ring (bicyclic) bond motifs is 1. The Bertz CT molecular complexity index is 827. The van der Waals surface area contributed by atoms with Crippen LogP contribution in [0.15, 0.2) is 11.1 Å². The number of anilines is 1. The van der Waals surface area contributed by atoms with E-state index in [4.69, 9.17) is 15.2 Å². The van der Waals surface area contributed by atoms with Gasteiger partial charge in [0.25, 0.3) is 5.56 Å². The zero-order chi connectivity index (χ0) is 16.7. The number of nitrogen functional groups attached to an aromatic ring is 1. The van der Waals surface area contributed by atoms with Crippen LogP contribution in [-0.2, 0) is 20.8 Å². The molecule has 128 valence electrons. The van der Waals surface area contributed by atoms with Crippen LogP contribution < -0.4 is 11.3 Å². The number of rotatable bonds is 2. The molecule has 4 heterocycles. The van der Waals surface area contributed by atoms with Crippen molar-refractivity contribution in [2.45, 2.75) is 25.2 Å². The Morgan fingerprint density at radius 3 is 2.75 bits per heavy atom. The van der Waals surface area contributed by atoms with E-state index in [1.165, 1.54) is 10.9 Å². The Balaban J connectivity index is 1.48. The van der Waals surface area contributed by atoms with Gasteiger partial charge < -0.3 is 24.7 Å². The average molecular weight is 334 g/mol. The molecule has 10 nitrogen and oxygen atoms in total. The summed E-state index contributed by atoms with van der Waals surface area (Å²) < 4.78 is 12.9. The molecule has 0 unspecified atom stereocenters. The van der Waals surface area contributed by atoms with Crippen molar-refractivity contribution in [3.63, 3.8) is 0 Å². The molecule has 0 radical (unpaired) electrons. The van der Waals surface area contributed by atoms with Gasteiger partial charge in [0, 0.05) is 25.9 Å². The number of hydrogen-bond acceptors (Lipinski definition) is 7. The van der Waals surface area contributed by atoms with Crippen LogP contribution >= 0.6 is 0 Å². The summed E-state index contributed by atoms with van der Waals surface area (Å²) in [6.45, 7) is 2.41. The maximum atomic E-state index is 12.5. The first-order chi connectivity index (χ1) is 11.6. The smallest absolute Gasteiger partial charge is 0.280 e. The van der Waals surface area contributed by atoms with E-state index in [0.717, 1.165) is 0 Å². The van der Waals surface area contributed by atoms with Crippen molar-refractivity contribution in [1.82, 2.24) is 24.4 Å². The number of nitrogens with two attached hydrogens (primary N) is 1. The van der Waals surface area contributed by atoms with E-state index in [1.807, 2.05) is 0 Å². The first-order valence-corrected chi connectivity index (χ1v) is 7.83. The molecule has 24 heavy (non-hydrogen) atoms. The van der Waals surface area contributed by atoms with Crippen LogP contribution in [0, 0.1) is 0 Å². The van der Waals surface area contributed by atoms with E-state index in [-0.39, 0.29) is 23.9 Å². The maximum absolute atomic E-state index is 12.5. The van der Waals surface area contributed by atoms with E-state index in [2.05, 4.69) is 15.0 Å². The second-order valence-corrected chi connectivity index (χ2v) is 5.98. The van der Waals surface area contributed by atoms with Gasteiger partial charge in [-0.05, 0) is 0 Å². The highest BCUT2D eigenvalue weighted by Gasteiger charge is 2.40. The van der Waals surface area contributed by atoms with Crippen molar-refractivity contribution < 1.29 is 14.3 Å². The summed E-state index contributed by atoms with van der Waals surface area (Å²) >= 11 is 0. The third-order valence-corrected chi connectivity index (χ3v) is 4.49. The summed E-state index contributed by atoms with van der Waals surface area (Å²) in [5.74, 6) is -0.582. The minimum absolute atomic E-state index is 0.00264. The van der Waals surface area contributed by atoms with E-state index in [1.54, 1.807) is 4.90 Å². The largest absolute Gasteiger partial charge is 0.369 e. The van der Waals surface area contributed by atoms with Crippen LogP contribution in [-0.4, -0.2) is 62.4 Å². The Hall–Kier alpha value is -2.46. The van der Waals surface area contributed by atoms with Crippen molar-refractivity contribution in [3.8, 4) is 0 Å². The Morgan fingerprint density at radius 2 is 2.04 bits per heavy atom. The molecule has 1 spiro atoms. The second kappa shape index (κ2) is 5.56.